The van der Waals surface area contributed by atoms with Crippen LogP contribution < -0.4 is 5.32 Å². The quantitative estimate of drug-likeness (QED) is 0.495. The Morgan fingerprint density at radius 3 is 2.54 bits per heavy atom. The second-order valence-electron chi connectivity index (χ2n) is 5.60. The van der Waals surface area contributed by atoms with Crippen LogP contribution in [0.25, 0.3) is 0 Å². The maximum absolute atomic E-state index is 4.69. The van der Waals surface area contributed by atoms with Crippen LogP contribution in [0.15, 0.2) is 34.2 Å². The van der Waals surface area contributed by atoms with Crippen molar-refractivity contribution in [1.82, 2.24) is 25.0 Å². The number of guanidine groups is 1. The number of aryl methyl sites for hydroxylation is 1. The summed E-state index contributed by atoms with van der Waals surface area (Å²) in [5.74, 6) is 2.63. The van der Waals surface area contributed by atoms with Gasteiger partial charge in [0.2, 0.25) is 0 Å². The van der Waals surface area contributed by atoms with Crippen molar-refractivity contribution < 1.29 is 0 Å². The van der Waals surface area contributed by atoms with Crippen LogP contribution in [0.3, 0.4) is 0 Å². The van der Waals surface area contributed by atoms with E-state index in [1.165, 1.54) is 10.5 Å². The Balaban J connectivity index is 2.07. The monoisotopic (exact) mass is 346 g/mol. The average Bonchev–Trinajstić information content (AvgIpc) is 2.91. The van der Waals surface area contributed by atoms with Gasteiger partial charge in [-0.25, -0.2) is 4.99 Å². The Morgan fingerprint density at radius 2 is 2.00 bits per heavy atom. The minimum atomic E-state index is 0.509. The van der Waals surface area contributed by atoms with Gasteiger partial charge < -0.3 is 14.8 Å². The lowest BCUT2D eigenvalue weighted by Crippen LogP contribution is -2.38. The smallest absolute Gasteiger partial charge is 0.194 e. The molecule has 0 aliphatic heterocycles. The molecule has 24 heavy (non-hydrogen) atoms. The lowest BCUT2D eigenvalue weighted by Gasteiger charge is -2.22. The summed E-state index contributed by atoms with van der Waals surface area (Å²) in [6, 6.07) is 8.64. The van der Waals surface area contributed by atoms with Crippen molar-refractivity contribution in [3.8, 4) is 0 Å². The first-order valence-corrected chi connectivity index (χ1v) is 9.24. The maximum Gasteiger partial charge on any atom is 0.194 e. The fourth-order valence-electron chi connectivity index (χ4n) is 2.28. The lowest BCUT2D eigenvalue weighted by atomic mass is 10.2. The van der Waals surface area contributed by atoms with Gasteiger partial charge in [0.05, 0.1) is 0 Å². The molecule has 0 saturated heterocycles. The largest absolute Gasteiger partial charge is 0.357 e. The number of aliphatic imine (C=N–C) groups is 1. The molecule has 1 aromatic heterocycles. The normalized spacial score (nSPS) is 11.6. The predicted molar refractivity (Wildman–Crippen MR) is 100 cm³/mol. The summed E-state index contributed by atoms with van der Waals surface area (Å²) in [4.78, 5) is 8.09. The molecule has 0 aliphatic rings. The van der Waals surface area contributed by atoms with E-state index in [1.807, 2.05) is 25.6 Å². The van der Waals surface area contributed by atoms with E-state index < -0.39 is 0 Å². The lowest BCUT2D eigenvalue weighted by molar-refractivity contribution is 0.476. The van der Waals surface area contributed by atoms with Gasteiger partial charge in [0.15, 0.2) is 11.8 Å². The zero-order valence-electron chi connectivity index (χ0n) is 15.1. The van der Waals surface area contributed by atoms with Crippen molar-refractivity contribution in [3.63, 3.8) is 0 Å². The standard InChI is InChI=1S/C17H26N6S/c1-6-18-17(19-11-16-21-20-13(2)23(16)4)22(3)12-14-7-9-15(24-5)10-8-14/h7-10H,6,11-12H2,1-5H3,(H,18,19). The van der Waals surface area contributed by atoms with Crippen molar-refractivity contribution in [1.29, 1.82) is 0 Å². The Morgan fingerprint density at radius 1 is 1.29 bits per heavy atom. The molecule has 130 valence electrons. The second kappa shape index (κ2) is 8.73. The molecule has 1 aromatic carbocycles. The van der Waals surface area contributed by atoms with Crippen molar-refractivity contribution in [2.24, 2.45) is 12.0 Å². The van der Waals surface area contributed by atoms with Crippen molar-refractivity contribution in [3.05, 3.63) is 41.5 Å². The van der Waals surface area contributed by atoms with Crippen LogP contribution >= 0.6 is 11.8 Å². The summed E-state index contributed by atoms with van der Waals surface area (Å²) in [7, 11) is 4.01. The molecule has 0 bridgehead atoms. The van der Waals surface area contributed by atoms with E-state index in [9.17, 15) is 0 Å². The summed E-state index contributed by atoms with van der Waals surface area (Å²) >= 11 is 1.76. The molecular formula is C17H26N6S. The Hall–Kier alpha value is -2.02. The third-order valence-corrected chi connectivity index (χ3v) is 4.57. The zero-order valence-corrected chi connectivity index (χ0v) is 15.9. The molecule has 0 atom stereocenters. The third-order valence-electron chi connectivity index (χ3n) is 3.83. The highest BCUT2D eigenvalue weighted by Crippen LogP contribution is 2.15. The Kier molecular flexibility index (Phi) is 6.66. The van der Waals surface area contributed by atoms with Gasteiger partial charge in [0.25, 0.3) is 0 Å². The maximum atomic E-state index is 4.69. The molecule has 0 unspecified atom stereocenters. The number of rotatable bonds is 6. The molecule has 0 fully saturated rings. The molecule has 2 rings (SSSR count). The number of nitrogens with one attached hydrogen (secondary N) is 1. The van der Waals surface area contributed by atoms with Gasteiger partial charge in [0.1, 0.15) is 12.4 Å². The number of hydrogen-bond donors (Lipinski definition) is 1. The van der Waals surface area contributed by atoms with Crippen molar-refractivity contribution in [2.45, 2.75) is 31.8 Å². The molecule has 7 heteroatoms. The van der Waals surface area contributed by atoms with E-state index in [0.717, 1.165) is 30.7 Å². The first-order valence-electron chi connectivity index (χ1n) is 8.02. The number of thioether (sulfide) groups is 1. The summed E-state index contributed by atoms with van der Waals surface area (Å²) < 4.78 is 1.97. The molecule has 1 heterocycles. The van der Waals surface area contributed by atoms with E-state index in [-0.39, 0.29) is 0 Å². The first-order chi connectivity index (χ1) is 11.5. The fourth-order valence-corrected chi connectivity index (χ4v) is 2.69. The number of aromatic nitrogens is 3. The van der Waals surface area contributed by atoms with Crippen LogP contribution in [0.4, 0.5) is 0 Å². The van der Waals surface area contributed by atoms with Crippen LogP contribution in [0.2, 0.25) is 0 Å². The third kappa shape index (κ3) is 4.74. The number of nitrogens with zero attached hydrogens (tertiary/aromatic N) is 5. The molecule has 0 saturated carbocycles. The van der Waals surface area contributed by atoms with Gasteiger partial charge in [-0.15, -0.1) is 22.0 Å². The highest BCUT2D eigenvalue weighted by Gasteiger charge is 2.09. The highest BCUT2D eigenvalue weighted by atomic mass is 32.2. The molecule has 0 spiro atoms. The van der Waals surface area contributed by atoms with Gasteiger partial charge >= 0.3 is 0 Å². The van der Waals surface area contributed by atoms with Crippen LogP contribution in [0.5, 0.6) is 0 Å². The minimum Gasteiger partial charge on any atom is -0.357 e. The van der Waals surface area contributed by atoms with Crippen molar-refractivity contribution >= 4 is 17.7 Å². The van der Waals surface area contributed by atoms with E-state index >= 15 is 0 Å². The van der Waals surface area contributed by atoms with E-state index in [4.69, 9.17) is 4.99 Å². The van der Waals surface area contributed by atoms with Crippen LogP contribution in [-0.2, 0) is 20.1 Å². The van der Waals surface area contributed by atoms with Crippen LogP contribution in [0, 0.1) is 6.92 Å². The van der Waals surface area contributed by atoms with E-state index in [2.05, 4.69) is 57.9 Å². The molecule has 6 nitrogen and oxygen atoms in total. The summed E-state index contributed by atoms with van der Waals surface area (Å²) in [6.07, 6.45) is 2.09. The topological polar surface area (TPSA) is 58.3 Å². The summed E-state index contributed by atoms with van der Waals surface area (Å²) in [6.45, 7) is 6.15. The Bertz CT molecular complexity index is 677. The molecule has 1 N–H and O–H groups in total. The molecule has 0 aliphatic carbocycles. The number of hydrogen-bond acceptors (Lipinski definition) is 4. The minimum absolute atomic E-state index is 0.509. The van der Waals surface area contributed by atoms with E-state index in [0.29, 0.717) is 6.54 Å². The van der Waals surface area contributed by atoms with E-state index in [1.54, 1.807) is 11.8 Å². The Labute approximate surface area is 148 Å². The van der Waals surface area contributed by atoms with Gasteiger partial charge in [0, 0.05) is 32.1 Å². The van der Waals surface area contributed by atoms with Crippen molar-refractivity contribution in [2.75, 3.05) is 19.8 Å². The second-order valence-corrected chi connectivity index (χ2v) is 6.48. The molecule has 2 aromatic rings. The number of benzene rings is 1. The van der Waals surface area contributed by atoms with Gasteiger partial charge in [-0.2, -0.15) is 0 Å². The summed E-state index contributed by atoms with van der Waals surface area (Å²) in [5.41, 5.74) is 1.26. The zero-order chi connectivity index (χ0) is 17.5. The average molecular weight is 347 g/mol. The van der Waals surface area contributed by atoms with Gasteiger partial charge in [-0.05, 0) is 37.8 Å². The fraction of sp³-hybridized carbons (Fsp3) is 0.471. The molecule has 0 radical (unpaired) electrons. The SMILES string of the molecule is CCNC(=NCc1nnc(C)n1C)N(C)Cc1ccc(SC)cc1. The summed E-state index contributed by atoms with van der Waals surface area (Å²) in [5, 5.41) is 11.6. The van der Waals surface area contributed by atoms with Crippen LogP contribution in [0.1, 0.15) is 24.1 Å². The van der Waals surface area contributed by atoms with Crippen LogP contribution in [-0.4, -0.2) is 45.5 Å². The molecule has 0 amide bonds. The highest BCUT2D eigenvalue weighted by molar-refractivity contribution is 7.98. The predicted octanol–water partition coefficient (Wildman–Crippen LogP) is 2.44. The van der Waals surface area contributed by atoms with Gasteiger partial charge in [-0.3, -0.25) is 0 Å². The van der Waals surface area contributed by atoms with Gasteiger partial charge in [-0.1, -0.05) is 12.1 Å². The first kappa shape index (κ1) is 18.3. The molecular weight excluding hydrogens is 320 g/mol.